The van der Waals surface area contributed by atoms with Gasteiger partial charge in [0.05, 0.1) is 6.61 Å². The van der Waals surface area contributed by atoms with Crippen LogP contribution in [0.25, 0.3) is 0 Å². The van der Waals surface area contributed by atoms with Crippen LogP contribution < -0.4 is 0 Å². The van der Waals surface area contributed by atoms with E-state index in [-0.39, 0.29) is 35.6 Å². The molecule has 0 N–H and O–H groups in total. The van der Waals surface area contributed by atoms with Gasteiger partial charge in [0.25, 0.3) is 6.48 Å². The number of benzene rings is 1. The first-order valence-electron chi connectivity index (χ1n) is 11.1. The van der Waals surface area contributed by atoms with Gasteiger partial charge in [0.1, 0.15) is 36.1 Å². The fraction of sp³-hybridized carbons (Fsp3) is 0.739. The summed E-state index contributed by atoms with van der Waals surface area (Å²) in [6, 6.07) is 10.2. The Morgan fingerprint density at radius 2 is 1.73 bits per heavy atom. The zero-order valence-electron chi connectivity index (χ0n) is 18.6. The summed E-state index contributed by atoms with van der Waals surface area (Å²) in [5, 5.41) is 0.0856. The highest BCUT2D eigenvalue weighted by Crippen LogP contribution is 2.54. The summed E-state index contributed by atoms with van der Waals surface area (Å²) in [4.78, 5) is 0. The van der Waals surface area contributed by atoms with Crippen LogP contribution in [0.15, 0.2) is 30.3 Å². The average Bonchev–Trinajstić information content (AvgIpc) is 3.18. The van der Waals surface area contributed by atoms with Gasteiger partial charge in [0.2, 0.25) is 0 Å². The van der Waals surface area contributed by atoms with E-state index in [0.29, 0.717) is 13.2 Å². The molecule has 0 aromatic heterocycles. The molecule has 0 unspecified atom stereocenters. The van der Waals surface area contributed by atoms with E-state index < -0.39 is 20.4 Å². The van der Waals surface area contributed by atoms with Crippen molar-refractivity contribution in [2.45, 2.75) is 101 Å². The molecule has 166 valence electrons. The third-order valence-corrected chi connectivity index (χ3v) is 12.1. The van der Waals surface area contributed by atoms with Crippen LogP contribution in [-0.4, -0.2) is 57.5 Å². The summed E-state index contributed by atoms with van der Waals surface area (Å²) in [5.41, 5.74) is 0.608. The van der Waals surface area contributed by atoms with Crippen LogP contribution in [-0.2, 0) is 34.7 Å². The number of rotatable bonds is 5. The molecule has 0 radical (unpaired) electrons. The van der Waals surface area contributed by atoms with Crippen molar-refractivity contribution in [1.82, 2.24) is 0 Å². The summed E-state index contributed by atoms with van der Waals surface area (Å²) in [6.07, 6.45) is 0.799. The van der Waals surface area contributed by atoms with Crippen molar-refractivity contribution in [3.05, 3.63) is 35.9 Å². The van der Waals surface area contributed by atoms with E-state index >= 15 is 0 Å². The minimum Gasteiger partial charge on any atom is -0.408 e. The van der Waals surface area contributed by atoms with Gasteiger partial charge in [-0.15, -0.1) is 0 Å². The van der Waals surface area contributed by atoms with Gasteiger partial charge in [-0.3, -0.25) is 0 Å². The molecule has 5 aliphatic rings. The molecule has 1 saturated carbocycles. The van der Waals surface area contributed by atoms with Crippen molar-refractivity contribution in [1.29, 1.82) is 0 Å². The average molecular weight is 435 g/mol. The van der Waals surface area contributed by atoms with Crippen molar-refractivity contribution < 1.29 is 28.1 Å². The molecular formula is C23H34O6Si. The van der Waals surface area contributed by atoms with E-state index in [2.05, 4.69) is 46.0 Å². The summed E-state index contributed by atoms with van der Waals surface area (Å²) >= 11 is 0. The minimum atomic E-state index is -2.06. The Hall–Kier alpha value is -0.803. The molecule has 1 spiro atoms. The Bertz CT molecular complexity index is 757. The lowest BCUT2D eigenvalue weighted by Crippen LogP contribution is -2.81. The van der Waals surface area contributed by atoms with Crippen LogP contribution in [0.4, 0.5) is 0 Å². The van der Waals surface area contributed by atoms with Gasteiger partial charge in [0, 0.05) is 6.61 Å². The molecule has 7 heteroatoms. The zero-order valence-corrected chi connectivity index (χ0v) is 19.6. The normalized spacial score (nSPS) is 40.4. The summed E-state index contributed by atoms with van der Waals surface area (Å²) in [5.74, 6) is 0. The number of ether oxygens (including phenoxy) is 5. The number of hydrogen-bond acceptors (Lipinski definition) is 6. The van der Waals surface area contributed by atoms with Crippen LogP contribution >= 0.6 is 0 Å². The fourth-order valence-corrected chi connectivity index (χ4v) is 6.27. The molecule has 4 heterocycles. The monoisotopic (exact) mass is 434 g/mol. The highest BCUT2D eigenvalue weighted by molar-refractivity contribution is 6.74. The standard InChI is InChI=1S/C23H34O6Si/c1-22(2,3)30(4,5)29-18-16-17(24-14-15-10-7-6-8-11-15)19-23(12-9-13-25-23)20(18)28-21(26-16)27-19/h6-8,10-11,16-21H,9,12-14H2,1-5H3/t16-,17+,18-,19+,20-,21+,23-/m0/s1. The molecule has 4 aliphatic heterocycles. The maximum Gasteiger partial charge on any atom is 0.273 e. The molecule has 1 aromatic rings. The third-order valence-electron chi connectivity index (χ3n) is 7.60. The van der Waals surface area contributed by atoms with Gasteiger partial charge < -0.3 is 28.1 Å². The van der Waals surface area contributed by atoms with Gasteiger partial charge in [0.15, 0.2) is 8.32 Å². The minimum absolute atomic E-state index is 0.0856. The molecule has 4 bridgehead atoms. The van der Waals surface area contributed by atoms with Crippen LogP contribution in [0.5, 0.6) is 0 Å². The van der Waals surface area contributed by atoms with E-state index in [1.54, 1.807) is 0 Å². The van der Waals surface area contributed by atoms with Gasteiger partial charge in [-0.05, 0) is 36.5 Å². The lowest BCUT2D eigenvalue weighted by Gasteiger charge is -2.63. The van der Waals surface area contributed by atoms with Crippen LogP contribution in [0.3, 0.4) is 0 Å². The molecular weight excluding hydrogens is 400 g/mol. The fourth-order valence-electron chi connectivity index (χ4n) is 4.98. The van der Waals surface area contributed by atoms with E-state index in [0.717, 1.165) is 18.4 Å². The van der Waals surface area contributed by atoms with Crippen molar-refractivity contribution in [2.24, 2.45) is 0 Å². The Morgan fingerprint density at radius 1 is 1.03 bits per heavy atom. The van der Waals surface area contributed by atoms with Gasteiger partial charge in [-0.25, -0.2) is 0 Å². The quantitative estimate of drug-likeness (QED) is 0.653. The van der Waals surface area contributed by atoms with Crippen LogP contribution in [0.2, 0.25) is 18.1 Å². The van der Waals surface area contributed by atoms with E-state index in [9.17, 15) is 0 Å². The molecule has 6 nitrogen and oxygen atoms in total. The lowest BCUT2D eigenvalue weighted by molar-refractivity contribution is -0.500. The maximum absolute atomic E-state index is 6.92. The summed E-state index contributed by atoms with van der Waals surface area (Å²) in [7, 11) is -2.06. The van der Waals surface area contributed by atoms with Crippen molar-refractivity contribution in [3.63, 3.8) is 0 Å². The Balaban J connectivity index is 1.46. The van der Waals surface area contributed by atoms with Gasteiger partial charge in [-0.1, -0.05) is 51.1 Å². The van der Waals surface area contributed by atoms with Gasteiger partial charge in [-0.2, -0.15) is 0 Å². The van der Waals surface area contributed by atoms with E-state index in [4.69, 9.17) is 28.1 Å². The lowest BCUT2D eigenvalue weighted by atomic mass is 9.71. The molecule has 5 fully saturated rings. The first-order chi connectivity index (χ1) is 14.2. The van der Waals surface area contributed by atoms with Crippen molar-refractivity contribution >= 4 is 8.32 Å². The topological polar surface area (TPSA) is 55.4 Å². The van der Waals surface area contributed by atoms with E-state index in [1.165, 1.54) is 0 Å². The summed E-state index contributed by atoms with van der Waals surface area (Å²) in [6.45, 7) is 11.9. The van der Waals surface area contributed by atoms with E-state index in [1.807, 2.05) is 18.2 Å². The zero-order chi connectivity index (χ0) is 21.1. The summed E-state index contributed by atoms with van der Waals surface area (Å²) < 4.78 is 38.3. The van der Waals surface area contributed by atoms with Crippen molar-refractivity contribution in [3.8, 4) is 0 Å². The third kappa shape index (κ3) is 3.30. The molecule has 6 rings (SSSR count). The van der Waals surface area contributed by atoms with Crippen LogP contribution in [0, 0.1) is 0 Å². The second kappa shape index (κ2) is 7.37. The Labute approximate surface area is 180 Å². The van der Waals surface area contributed by atoms with Gasteiger partial charge >= 0.3 is 0 Å². The largest absolute Gasteiger partial charge is 0.408 e. The highest BCUT2D eigenvalue weighted by atomic mass is 28.4. The molecule has 4 saturated heterocycles. The molecule has 1 aliphatic carbocycles. The molecule has 0 amide bonds. The SMILES string of the molecule is CC(C)(C)[Si](C)(C)O[C@H]1[C@H]2O[C@@H]3O[C@H]([C@@H]2OCc2ccccc2)[C@@]2(CCCO2)[C@H]1O3. The Kier molecular flexibility index (Phi) is 5.17. The smallest absolute Gasteiger partial charge is 0.273 e. The predicted octanol–water partition coefficient (Wildman–Crippen LogP) is 3.99. The Morgan fingerprint density at radius 3 is 2.37 bits per heavy atom. The predicted molar refractivity (Wildman–Crippen MR) is 113 cm³/mol. The maximum atomic E-state index is 6.92. The number of hydrogen-bond donors (Lipinski definition) is 0. The second-order valence-electron chi connectivity index (χ2n) is 10.5. The molecule has 30 heavy (non-hydrogen) atoms. The molecule has 1 aromatic carbocycles. The first kappa shape index (κ1) is 21.1. The highest BCUT2D eigenvalue weighted by Gasteiger charge is 2.71. The van der Waals surface area contributed by atoms with Crippen LogP contribution in [0.1, 0.15) is 39.2 Å². The second-order valence-corrected chi connectivity index (χ2v) is 15.3. The first-order valence-corrected chi connectivity index (χ1v) is 14.1. The van der Waals surface area contributed by atoms with Crippen molar-refractivity contribution in [2.75, 3.05) is 6.61 Å². The molecule has 7 atom stereocenters.